The number of hydrazone groups is 1. The van der Waals surface area contributed by atoms with Crippen molar-refractivity contribution in [2.45, 2.75) is 32.6 Å². The normalized spacial score (nSPS) is 12.3. The van der Waals surface area contributed by atoms with Crippen LogP contribution in [0.15, 0.2) is 52.5 Å². The van der Waals surface area contributed by atoms with Crippen LogP contribution in [0.1, 0.15) is 29.2 Å². The summed E-state index contributed by atoms with van der Waals surface area (Å²) in [6, 6.07) is 13.1. The van der Waals surface area contributed by atoms with E-state index in [9.17, 15) is 8.42 Å². The smallest absolute Gasteiger partial charge is 0.200 e. The first-order valence-corrected chi connectivity index (χ1v) is 8.49. The van der Waals surface area contributed by atoms with E-state index in [-0.39, 0.29) is 4.90 Å². The number of nitrogens with one attached hydrogen (secondary N) is 1. The van der Waals surface area contributed by atoms with Crippen molar-refractivity contribution in [3.8, 4) is 0 Å². The van der Waals surface area contributed by atoms with Gasteiger partial charge in [-0.25, -0.2) is 0 Å². The lowest BCUT2D eigenvalue weighted by molar-refractivity contribution is 0.583. The highest BCUT2D eigenvalue weighted by Crippen LogP contribution is 2.16. The highest BCUT2D eigenvalue weighted by Gasteiger charge is 2.16. The van der Waals surface area contributed by atoms with Crippen molar-refractivity contribution in [3.05, 3.63) is 64.7 Å². The van der Waals surface area contributed by atoms with Crippen LogP contribution in [0, 0.1) is 20.8 Å². The Morgan fingerprint density at radius 2 is 1.68 bits per heavy atom. The summed E-state index contributed by atoms with van der Waals surface area (Å²) in [5.41, 5.74) is 4.19. The lowest BCUT2D eigenvalue weighted by Crippen LogP contribution is -2.21. The van der Waals surface area contributed by atoms with Crippen molar-refractivity contribution in [3.63, 3.8) is 0 Å². The maximum atomic E-state index is 12.4. The largest absolute Gasteiger partial charge is 0.276 e. The molecule has 0 radical (unpaired) electrons. The second-order valence-electron chi connectivity index (χ2n) is 5.38. The van der Waals surface area contributed by atoms with E-state index in [1.165, 1.54) is 0 Å². The molecule has 0 bridgehead atoms. The summed E-state index contributed by atoms with van der Waals surface area (Å²) in [4.78, 5) is 2.59. The fourth-order valence-electron chi connectivity index (χ4n) is 2.21. The zero-order valence-electron chi connectivity index (χ0n) is 13.2. The SMILES string of the molecule is C/C(=N/NS(=O)(=O)c1cc(C)ccc1C)c1ccccc1C. The molecule has 2 aromatic carbocycles. The molecule has 0 saturated heterocycles. The Morgan fingerprint density at radius 3 is 2.36 bits per heavy atom. The topological polar surface area (TPSA) is 58.5 Å². The van der Waals surface area contributed by atoms with Crippen molar-refractivity contribution in [2.24, 2.45) is 5.10 Å². The summed E-state index contributed by atoms with van der Waals surface area (Å²) in [7, 11) is -3.67. The van der Waals surface area contributed by atoms with Crippen molar-refractivity contribution in [2.75, 3.05) is 0 Å². The van der Waals surface area contributed by atoms with E-state index in [0.29, 0.717) is 11.3 Å². The molecule has 0 spiro atoms. The van der Waals surface area contributed by atoms with E-state index in [2.05, 4.69) is 9.93 Å². The van der Waals surface area contributed by atoms with Gasteiger partial charge in [-0.3, -0.25) is 0 Å². The van der Waals surface area contributed by atoms with Crippen LogP contribution in [0.4, 0.5) is 0 Å². The first kappa shape index (κ1) is 16.2. The van der Waals surface area contributed by atoms with Crippen molar-refractivity contribution >= 4 is 15.7 Å². The van der Waals surface area contributed by atoms with Gasteiger partial charge in [0.1, 0.15) is 0 Å². The molecular weight excluding hydrogens is 296 g/mol. The third-order valence-electron chi connectivity index (χ3n) is 3.50. The maximum Gasteiger partial charge on any atom is 0.276 e. The number of benzene rings is 2. The summed E-state index contributed by atoms with van der Waals surface area (Å²) in [6.45, 7) is 7.38. The molecule has 0 heterocycles. The standard InChI is InChI=1S/C17H20N2O2S/c1-12-9-10-14(3)17(11-12)22(20,21)19-18-15(4)16-8-6-5-7-13(16)2/h5-11,19H,1-4H3/b18-15-. The van der Waals surface area contributed by atoms with Crippen LogP contribution >= 0.6 is 0 Å². The van der Waals surface area contributed by atoms with Gasteiger partial charge in [-0.05, 0) is 50.5 Å². The minimum Gasteiger partial charge on any atom is -0.200 e. The predicted octanol–water partition coefficient (Wildman–Crippen LogP) is 3.31. The number of hydrogen-bond donors (Lipinski definition) is 1. The first-order valence-electron chi connectivity index (χ1n) is 7.00. The molecule has 116 valence electrons. The molecule has 22 heavy (non-hydrogen) atoms. The molecule has 0 aromatic heterocycles. The maximum absolute atomic E-state index is 12.4. The molecule has 0 saturated carbocycles. The van der Waals surface area contributed by atoms with E-state index in [4.69, 9.17) is 0 Å². The molecule has 0 fully saturated rings. The van der Waals surface area contributed by atoms with Gasteiger partial charge >= 0.3 is 0 Å². The van der Waals surface area contributed by atoms with E-state index in [1.807, 2.05) is 44.2 Å². The Labute approximate surface area is 131 Å². The second kappa shape index (κ2) is 6.32. The molecule has 0 unspecified atom stereocenters. The molecule has 5 heteroatoms. The van der Waals surface area contributed by atoms with Gasteiger partial charge in [0.2, 0.25) is 0 Å². The van der Waals surface area contributed by atoms with Crippen LogP contribution < -0.4 is 4.83 Å². The van der Waals surface area contributed by atoms with Gasteiger partial charge in [-0.1, -0.05) is 36.4 Å². The highest BCUT2D eigenvalue weighted by molar-refractivity contribution is 7.89. The third kappa shape index (κ3) is 3.54. The fraction of sp³-hybridized carbons (Fsp3) is 0.235. The quantitative estimate of drug-likeness (QED) is 0.695. The van der Waals surface area contributed by atoms with Crippen LogP contribution in [0.3, 0.4) is 0 Å². The minimum absolute atomic E-state index is 0.258. The molecule has 0 amide bonds. The van der Waals surface area contributed by atoms with Gasteiger partial charge in [0.05, 0.1) is 10.6 Å². The fourth-order valence-corrected chi connectivity index (χ4v) is 3.40. The van der Waals surface area contributed by atoms with Crippen molar-refractivity contribution in [1.82, 2.24) is 4.83 Å². The third-order valence-corrected chi connectivity index (χ3v) is 4.85. The van der Waals surface area contributed by atoms with E-state index in [0.717, 1.165) is 16.7 Å². The highest BCUT2D eigenvalue weighted by atomic mass is 32.2. The molecule has 2 rings (SSSR count). The number of hydrogen-bond acceptors (Lipinski definition) is 3. The van der Waals surface area contributed by atoms with Gasteiger partial charge in [0.15, 0.2) is 0 Å². The molecule has 0 atom stereocenters. The van der Waals surface area contributed by atoms with Crippen LogP contribution in [0.25, 0.3) is 0 Å². The molecule has 0 aliphatic heterocycles. The monoisotopic (exact) mass is 316 g/mol. The van der Waals surface area contributed by atoms with E-state index < -0.39 is 10.0 Å². The Bertz CT molecular complexity index is 824. The molecule has 4 nitrogen and oxygen atoms in total. The van der Waals surface area contributed by atoms with Gasteiger partial charge in [-0.2, -0.15) is 18.4 Å². The van der Waals surface area contributed by atoms with Gasteiger partial charge in [0.25, 0.3) is 10.0 Å². The average molecular weight is 316 g/mol. The van der Waals surface area contributed by atoms with Crippen LogP contribution in [0.5, 0.6) is 0 Å². The molecular formula is C17H20N2O2S. The van der Waals surface area contributed by atoms with Crippen molar-refractivity contribution in [1.29, 1.82) is 0 Å². The number of sulfonamides is 1. The zero-order valence-corrected chi connectivity index (χ0v) is 14.0. The van der Waals surface area contributed by atoms with E-state index >= 15 is 0 Å². The molecule has 0 aliphatic rings. The Morgan fingerprint density at radius 1 is 1.00 bits per heavy atom. The van der Waals surface area contributed by atoms with Crippen LogP contribution in [-0.2, 0) is 10.0 Å². The summed E-state index contributed by atoms with van der Waals surface area (Å²) in [6.07, 6.45) is 0. The Hall–Kier alpha value is -2.14. The van der Waals surface area contributed by atoms with Gasteiger partial charge in [-0.15, -0.1) is 0 Å². The zero-order chi connectivity index (χ0) is 16.3. The van der Waals surface area contributed by atoms with Crippen LogP contribution in [-0.4, -0.2) is 14.1 Å². The molecule has 0 aliphatic carbocycles. The molecule has 1 N–H and O–H groups in total. The summed E-state index contributed by atoms with van der Waals surface area (Å²) >= 11 is 0. The predicted molar refractivity (Wildman–Crippen MR) is 89.6 cm³/mol. The Kier molecular flexibility index (Phi) is 4.66. The van der Waals surface area contributed by atoms with Gasteiger partial charge < -0.3 is 0 Å². The summed E-state index contributed by atoms with van der Waals surface area (Å²) < 4.78 is 24.8. The summed E-state index contributed by atoms with van der Waals surface area (Å²) in [5, 5.41) is 4.05. The number of aryl methyl sites for hydroxylation is 3. The minimum atomic E-state index is -3.67. The van der Waals surface area contributed by atoms with Crippen LogP contribution in [0.2, 0.25) is 0 Å². The first-order chi connectivity index (χ1) is 10.3. The second-order valence-corrected chi connectivity index (χ2v) is 7.01. The van der Waals surface area contributed by atoms with Gasteiger partial charge in [0, 0.05) is 5.56 Å². The summed E-state index contributed by atoms with van der Waals surface area (Å²) in [5.74, 6) is 0. The average Bonchev–Trinajstić information content (AvgIpc) is 2.48. The lowest BCUT2D eigenvalue weighted by atomic mass is 10.1. The lowest BCUT2D eigenvalue weighted by Gasteiger charge is -2.09. The number of rotatable bonds is 4. The molecule has 2 aromatic rings. The van der Waals surface area contributed by atoms with Crippen molar-refractivity contribution < 1.29 is 8.42 Å². The van der Waals surface area contributed by atoms with E-state index in [1.54, 1.807) is 26.0 Å². The Balaban J connectivity index is 2.32. The number of nitrogens with zero attached hydrogens (tertiary/aromatic N) is 1.